The number of rotatable bonds is 3. The van der Waals surface area contributed by atoms with Gasteiger partial charge in [-0.2, -0.15) is 5.10 Å². The first-order valence-corrected chi connectivity index (χ1v) is 6.91. The number of aromatic nitrogens is 4. The molecule has 0 fully saturated rings. The number of fused-ring (bicyclic) bond motifs is 1. The van der Waals surface area contributed by atoms with E-state index in [2.05, 4.69) is 17.0 Å². The van der Waals surface area contributed by atoms with Crippen LogP contribution in [0.4, 0.5) is 5.95 Å². The van der Waals surface area contributed by atoms with Gasteiger partial charge in [-0.15, -0.1) is 0 Å². The van der Waals surface area contributed by atoms with Gasteiger partial charge in [0.25, 0.3) is 0 Å². The van der Waals surface area contributed by atoms with Crippen molar-refractivity contribution >= 4 is 17.1 Å². The van der Waals surface area contributed by atoms with Gasteiger partial charge in [-0.25, -0.2) is 9.67 Å². The van der Waals surface area contributed by atoms with Crippen molar-refractivity contribution in [2.75, 3.05) is 12.8 Å². The molecule has 0 aliphatic carbocycles. The molecule has 0 unspecified atom stereocenters. The number of methoxy groups -OCH3 is 1. The molecule has 6 nitrogen and oxygen atoms in total. The van der Waals surface area contributed by atoms with E-state index in [-0.39, 0.29) is 0 Å². The summed E-state index contributed by atoms with van der Waals surface area (Å²) in [6.07, 6.45) is 0.829. The van der Waals surface area contributed by atoms with Crippen LogP contribution in [0.1, 0.15) is 18.2 Å². The van der Waals surface area contributed by atoms with E-state index < -0.39 is 0 Å². The van der Waals surface area contributed by atoms with Crippen molar-refractivity contribution in [2.24, 2.45) is 7.05 Å². The molecule has 3 aromatic rings. The molecule has 21 heavy (non-hydrogen) atoms. The van der Waals surface area contributed by atoms with E-state index in [4.69, 9.17) is 10.5 Å². The number of imidazole rings is 1. The second kappa shape index (κ2) is 4.80. The molecule has 0 saturated carbocycles. The Bertz CT molecular complexity index is 815. The number of hydrogen-bond acceptors (Lipinski definition) is 4. The quantitative estimate of drug-likeness (QED) is 0.801. The minimum absolute atomic E-state index is 0.470. The summed E-state index contributed by atoms with van der Waals surface area (Å²) in [5, 5.41) is 4.50. The molecule has 0 amide bonds. The predicted octanol–water partition coefficient (Wildman–Crippen LogP) is 2.22. The van der Waals surface area contributed by atoms with Crippen LogP contribution in [0.3, 0.4) is 0 Å². The van der Waals surface area contributed by atoms with E-state index >= 15 is 0 Å². The number of anilines is 1. The van der Waals surface area contributed by atoms with Gasteiger partial charge < -0.3 is 10.5 Å². The maximum absolute atomic E-state index is 6.12. The van der Waals surface area contributed by atoms with Crippen LogP contribution in [0, 0.1) is 6.92 Å². The van der Waals surface area contributed by atoms with Crippen LogP contribution in [0.15, 0.2) is 18.2 Å². The van der Waals surface area contributed by atoms with Crippen LogP contribution >= 0.6 is 0 Å². The lowest BCUT2D eigenvalue weighted by Crippen LogP contribution is -2.05. The predicted molar refractivity (Wildman–Crippen MR) is 82.9 cm³/mol. The molecule has 0 radical (unpaired) electrons. The summed E-state index contributed by atoms with van der Waals surface area (Å²) < 4.78 is 9.06. The van der Waals surface area contributed by atoms with Crippen molar-refractivity contribution in [3.8, 4) is 11.4 Å². The first kappa shape index (κ1) is 13.5. The van der Waals surface area contributed by atoms with Crippen molar-refractivity contribution < 1.29 is 4.74 Å². The lowest BCUT2D eigenvalue weighted by molar-refractivity contribution is 0.411. The van der Waals surface area contributed by atoms with Crippen LogP contribution in [-0.2, 0) is 13.5 Å². The third-order valence-electron chi connectivity index (χ3n) is 3.70. The van der Waals surface area contributed by atoms with Crippen molar-refractivity contribution in [1.82, 2.24) is 19.3 Å². The first-order chi connectivity index (χ1) is 10.1. The van der Waals surface area contributed by atoms with Crippen molar-refractivity contribution in [2.45, 2.75) is 20.3 Å². The standard InChI is InChI=1S/C15H19N5O/c1-5-11-13-14(19(3)18-11)20(15(16)17-13)10-6-7-12(21-4)9(2)8-10/h6-8H,5H2,1-4H3,(H2,16,17). The van der Waals surface area contributed by atoms with Gasteiger partial charge >= 0.3 is 0 Å². The summed E-state index contributed by atoms with van der Waals surface area (Å²) in [6, 6.07) is 5.95. The van der Waals surface area contributed by atoms with Crippen LogP contribution in [0.5, 0.6) is 5.75 Å². The monoisotopic (exact) mass is 285 g/mol. The number of ether oxygens (including phenoxy) is 1. The highest BCUT2D eigenvalue weighted by Crippen LogP contribution is 2.28. The SMILES string of the molecule is CCc1nn(C)c2c1nc(N)n2-c1ccc(OC)c(C)c1. The third-order valence-corrected chi connectivity index (χ3v) is 3.70. The Kier molecular flexibility index (Phi) is 3.08. The average Bonchev–Trinajstić information content (AvgIpc) is 2.95. The van der Waals surface area contributed by atoms with Crippen molar-refractivity contribution in [1.29, 1.82) is 0 Å². The van der Waals surface area contributed by atoms with Gasteiger partial charge in [0.15, 0.2) is 5.65 Å². The van der Waals surface area contributed by atoms with E-state index in [1.165, 1.54) is 0 Å². The second-order valence-electron chi connectivity index (χ2n) is 5.06. The van der Waals surface area contributed by atoms with Crippen LogP contribution in [0.25, 0.3) is 16.9 Å². The summed E-state index contributed by atoms with van der Waals surface area (Å²) in [5.41, 5.74) is 10.9. The Hall–Kier alpha value is -2.50. The minimum atomic E-state index is 0.470. The highest BCUT2D eigenvalue weighted by atomic mass is 16.5. The smallest absolute Gasteiger partial charge is 0.207 e. The fourth-order valence-electron chi connectivity index (χ4n) is 2.69. The molecule has 0 atom stereocenters. The zero-order valence-electron chi connectivity index (χ0n) is 12.7. The van der Waals surface area contributed by atoms with Gasteiger partial charge in [0.2, 0.25) is 5.95 Å². The zero-order valence-corrected chi connectivity index (χ0v) is 12.7. The molecule has 3 rings (SSSR count). The van der Waals surface area contributed by atoms with Crippen LogP contribution < -0.4 is 10.5 Å². The fourth-order valence-corrected chi connectivity index (χ4v) is 2.69. The van der Waals surface area contributed by atoms with Crippen molar-refractivity contribution in [3.63, 3.8) is 0 Å². The van der Waals surface area contributed by atoms with Crippen LogP contribution in [0.2, 0.25) is 0 Å². The highest BCUT2D eigenvalue weighted by Gasteiger charge is 2.18. The maximum atomic E-state index is 6.12. The molecule has 1 aromatic carbocycles. The molecular weight excluding hydrogens is 266 g/mol. The summed E-state index contributed by atoms with van der Waals surface area (Å²) in [7, 11) is 3.58. The van der Waals surface area contributed by atoms with Gasteiger partial charge in [-0.3, -0.25) is 4.57 Å². The molecular formula is C15H19N5O. The van der Waals surface area contributed by atoms with E-state index in [1.54, 1.807) is 7.11 Å². The number of aryl methyl sites for hydroxylation is 3. The number of nitrogens with zero attached hydrogens (tertiary/aromatic N) is 4. The Balaban J connectivity index is 2.27. The third kappa shape index (κ3) is 1.94. The summed E-state index contributed by atoms with van der Waals surface area (Å²) in [5.74, 6) is 1.32. The van der Waals surface area contributed by atoms with Gasteiger partial charge in [0.1, 0.15) is 11.3 Å². The largest absolute Gasteiger partial charge is 0.496 e. The molecule has 6 heteroatoms. The fraction of sp³-hybridized carbons (Fsp3) is 0.333. The Morgan fingerprint density at radius 2 is 2.10 bits per heavy atom. The highest BCUT2D eigenvalue weighted by molar-refractivity contribution is 5.80. The van der Waals surface area contributed by atoms with Gasteiger partial charge in [0, 0.05) is 7.05 Å². The Morgan fingerprint density at radius 3 is 2.71 bits per heavy atom. The van der Waals surface area contributed by atoms with Crippen LogP contribution in [-0.4, -0.2) is 26.4 Å². The molecule has 2 heterocycles. The van der Waals surface area contributed by atoms with Crippen molar-refractivity contribution in [3.05, 3.63) is 29.5 Å². The van der Waals surface area contributed by atoms with Gasteiger partial charge in [0.05, 0.1) is 18.5 Å². The molecule has 0 saturated heterocycles. The lowest BCUT2D eigenvalue weighted by atomic mass is 10.2. The normalized spacial score (nSPS) is 11.2. The molecule has 0 aliphatic heterocycles. The van der Waals surface area contributed by atoms with E-state index in [0.717, 1.165) is 40.3 Å². The Morgan fingerprint density at radius 1 is 1.33 bits per heavy atom. The number of benzene rings is 1. The van der Waals surface area contributed by atoms with E-state index in [9.17, 15) is 0 Å². The van der Waals surface area contributed by atoms with Gasteiger partial charge in [-0.05, 0) is 37.1 Å². The summed E-state index contributed by atoms with van der Waals surface area (Å²) in [4.78, 5) is 4.48. The number of nitrogen functional groups attached to an aromatic ring is 1. The minimum Gasteiger partial charge on any atom is -0.496 e. The summed E-state index contributed by atoms with van der Waals surface area (Å²) >= 11 is 0. The van der Waals surface area contributed by atoms with Gasteiger partial charge in [-0.1, -0.05) is 6.92 Å². The first-order valence-electron chi connectivity index (χ1n) is 6.91. The summed E-state index contributed by atoms with van der Waals surface area (Å²) in [6.45, 7) is 4.07. The molecule has 0 bridgehead atoms. The molecule has 0 aliphatic rings. The number of nitrogens with two attached hydrogens (primary N) is 1. The van der Waals surface area contributed by atoms with E-state index in [1.807, 2.05) is 41.4 Å². The average molecular weight is 285 g/mol. The van der Waals surface area contributed by atoms with E-state index in [0.29, 0.717) is 5.95 Å². The number of hydrogen-bond donors (Lipinski definition) is 1. The molecule has 2 N–H and O–H groups in total. The zero-order chi connectivity index (χ0) is 15.1. The topological polar surface area (TPSA) is 70.9 Å². The lowest BCUT2D eigenvalue weighted by Gasteiger charge is -2.10. The Labute approximate surface area is 123 Å². The molecule has 110 valence electrons. The maximum Gasteiger partial charge on any atom is 0.207 e. The molecule has 0 spiro atoms. The molecule has 2 aromatic heterocycles. The second-order valence-corrected chi connectivity index (χ2v) is 5.06.